The van der Waals surface area contributed by atoms with Gasteiger partial charge < -0.3 is 5.32 Å². The molecule has 5 nitrogen and oxygen atoms in total. The topological polar surface area (TPSA) is 77.9 Å². The van der Waals surface area contributed by atoms with Gasteiger partial charge in [-0.25, -0.2) is 0 Å². The van der Waals surface area contributed by atoms with Crippen LogP contribution in [0.25, 0.3) is 10.4 Å². The van der Waals surface area contributed by atoms with Crippen LogP contribution in [0.2, 0.25) is 0 Å². The zero-order valence-electron chi connectivity index (χ0n) is 7.45. The first-order chi connectivity index (χ1) is 5.66. The van der Waals surface area contributed by atoms with E-state index < -0.39 is 0 Å². The lowest BCUT2D eigenvalue weighted by atomic mass is 10.1. The summed E-state index contributed by atoms with van der Waals surface area (Å²) in [5.41, 5.74) is 7.92. The summed E-state index contributed by atoms with van der Waals surface area (Å²) in [5, 5.41) is 5.93. The molecule has 0 aliphatic heterocycles. The molecular formula is C7H14N4O. The lowest BCUT2D eigenvalue weighted by molar-refractivity contribution is -0.121. The number of nitrogens with one attached hydrogen (secondary N) is 1. The van der Waals surface area contributed by atoms with Crippen LogP contribution in [-0.4, -0.2) is 19.0 Å². The highest BCUT2D eigenvalue weighted by Gasteiger charge is 2.02. The van der Waals surface area contributed by atoms with Gasteiger partial charge in [0.1, 0.15) is 0 Å². The molecule has 0 aromatic carbocycles. The summed E-state index contributed by atoms with van der Waals surface area (Å²) in [6.45, 7) is 4.70. The van der Waals surface area contributed by atoms with Crippen LogP contribution >= 0.6 is 0 Å². The van der Waals surface area contributed by atoms with E-state index in [1.165, 1.54) is 0 Å². The average Bonchev–Trinajstić information content (AvgIpc) is 1.97. The lowest BCUT2D eigenvalue weighted by Crippen LogP contribution is -2.26. The van der Waals surface area contributed by atoms with Crippen LogP contribution in [0.3, 0.4) is 0 Å². The van der Waals surface area contributed by atoms with Crippen LogP contribution in [0, 0.1) is 5.92 Å². The number of hydrogen-bond donors (Lipinski definition) is 1. The third-order valence-electron chi connectivity index (χ3n) is 1.19. The predicted molar refractivity (Wildman–Crippen MR) is 46.5 cm³/mol. The van der Waals surface area contributed by atoms with Gasteiger partial charge in [-0.3, -0.25) is 4.79 Å². The number of hydrogen-bond acceptors (Lipinski definition) is 2. The predicted octanol–water partition coefficient (Wildman–Crippen LogP) is 1.46. The maximum atomic E-state index is 11.0. The number of rotatable bonds is 5. The van der Waals surface area contributed by atoms with Gasteiger partial charge in [0.05, 0.1) is 0 Å². The molecule has 1 N–H and O–H groups in total. The minimum atomic E-state index is 0.0122. The van der Waals surface area contributed by atoms with Crippen molar-refractivity contribution in [3.8, 4) is 0 Å². The molecule has 0 atom stereocenters. The minimum Gasteiger partial charge on any atom is -0.356 e. The van der Waals surface area contributed by atoms with Crippen LogP contribution in [0.4, 0.5) is 0 Å². The number of nitrogens with zero attached hydrogens (tertiary/aromatic N) is 3. The Morgan fingerprint density at radius 3 is 2.83 bits per heavy atom. The molecule has 0 aromatic heterocycles. The third kappa shape index (κ3) is 6.89. The summed E-state index contributed by atoms with van der Waals surface area (Å²) in [7, 11) is 0. The SMILES string of the molecule is CC(C)CC(=O)NCCN=[N+]=[N-]. The van der Waals surface area contributed by atoms with E-state index in [9.17, 15) is 4.79 Å². The first kappa shape index (κ1) is 10.8. The highest BCUT2D eigenvalue weighted by atomic mass is 16.1. The Balaban J connectivity index is 3.37. The molecule has 5 heteroatoms. The van der Waals surface area contributed by atoms with Crippen molar-refractivity contribution >= 4 is 5.91 Å². The number of amides is 1. The molecule has 0 aliphatic carbocycles. The van der Waals surface area contributed by atoms with Crippen molar-refractivity contribution in [2.45, 2.75) is 20.3 Å². The molecule has 0 fully saturated rings. The Bertz CT molecular complexity index is 184. The fourth-order valence-electron chi connectivity index (χ4n) is 0.733. The van der Waals surface area contributed by atoms with Crippen LogP contribution in [-0.2, 0) is 4.79 Å². The van der Waals surface area contributed by atoms with Crippen LogP contribution in [0.5, 0.6) is 0 Å². The summed E-state index contributed by atoms with van der Waals surface area (Å²) in [6, 6.07) is 0. The van der Waals surface area contributed by atoms with Gasteiger partial charge in [0.25, 0.3) is 0 Å². The highest BCUT2D eigenvalue weighted by Crippen LogP contribution is 1.97. The molecule has 68 valence electrons. The average molecular weight is 170 g/mol. The van der Waals surface area contributed by atoms with E-state index in [0.717, 1.165) is 0 Å². The van der Waals surface area contributed by atoms with Gasteiger partial charge in [-0.15, -0.1) is 0 Å². The molecule has 0 rings (SSSR count). The van der Waals surface area contributed by atoms with Gasteiger partial charge in [-0.05, 0) is 11.4 Å². The van der Waals surface area contributed by atoms with Crippen LogP contribution in [0.15, 0.2) is 5.11 Å². The fraction of sp³-hybridized carbons (Fsp3) is 0.857. The molecule has 0 saturated heterocycles. The molecule has 12 heavy (non-hydrogen) atoms. The van der Waals surface area contributed by atoms with Gasteiger partial charge in [0, 0.05) is 24.4 Å². The molecule has 0 spiro atoms. The Morgan fingerprint density at radius 1 is 1.67 bits per heavy atom. The molecule has 0 bridgehead atoms. The normalized spacial score (nSPS) is 9.25. The van der Waals surface area contributed by atoms with Crippen molar-refractivity contribution in [3.63, 3.8) is 0 Å². The van der Waals surface area contributed by atoms with E-state index in [1.54, 1.807) is 0 Å². The Hall–Kier alpha value is -1.22. The van der Waals surface area contributed by atoms with Crippen molar-refractivity contribution in [1.29, 1.82) is 0 Å². The van der Waals surface area contributed by atoms with Crippen molar-refractivity contribution < 1.29 is 4.79 Å². The maximum absolute atomic E-state index is 11.0. The second-order valence-corrected chi connectivity index (χ2v) is 2.90. The Labute approximate surface area is 71.8 Å². The van der Waals surface area contributed by atoms with E-state index in [0.29, 0.717) is 25.4 Å². The van der Waals surface area contributed by atoms with Crippen molar-refractivity contribution in [2.24, 2.45) is 11.0 Å². The summed E-state index contributed by atoms with van der Waals surface area (Å²) in [4.78, 5) is 13.5. The molecule has 0 unspecified atom stereocenters. The summed E-state index contributed by atoms with van der Waals surface area (Å²) < 4.78 is 0. The van der Waals surface area contributed by atoms with E-state index in [4.69, 9.17) is 5.53 Å². The molecule has 0 heterocycles. The first-order valence-corrected chi connectivity index (χ1v) is 3.94. The number of carbonyl (C=O) groups is 1. The first-order valence-electron chi connectivity index (χ1n) is 3.94. The van der Waals surface area contributed by atoms with Crippen LogP contribution < -0.4 is 5.32 Å². The van der Waals surface area contributed by atoms with Crippen LogP contribution in [0.1, 0.15) is 20.3 Å². The molecular weight excluding hydrogens is 156 g/mol. The van der Waals surface area contributed by atoms with Crippen molar-refractivity contribution in [3.05, 3.63) is 10.4 Å². The Kier molecular flexibility index (Phi) is 5.83. The Morgan fingerprint density at radius 2 is 2.33 bits per heavy atom. The number of carbonyl (C=O) groups excluding carboxylic acids is 1. The van der Waals surface area contributed by atoms with E-state index >= 15 is 0 Å². The molecule has 0 radical (unpaired) electrons. The molecule has 0 aromatic rings. The largest absolute Gasteiger partial charge is 0.356 e. The van der Waals surface area contributed by atoms with Gasteiger partial charge in [0.2, 0.25) is 5.91 Å². The smallest absolute Gasteiger partial charge is 0.220 e. The van der Waals surface area contributed by atoms with Crippen molar-refractivity contribution in [2.75, 3.05) is 13.1 Å². The molecule has 0 aliphatic rings. The number of azide groups is 1. The summed E-state index contributed by atoms with van der Waals surface area (Å²) in [6.07, 6.45) is 0.524. The van der Waals surface area contributed by atoms with E-state index in [-0.39, 0.29) is 5.91 Å². The van der Waals surface area contributed by atoms with Gasteiger partial charge >= 0.3 is 0 Å². The fourth-order valence-corrected chi connectivity index (χ4v) is 0.733. The zero-order valence-corrected chi connectivity index (χ0v) is 7.45. The second kappa shape index (κ2) is 6.49. The lowest BCUT2D eigenvalue weighted by Gasteiger charge is -2.04. The third-order valence-corrected chi connectivity index (χ3v) is 1.19. The van der Waals surface area contributed by atoms with Gasteiger partial charge in [-0.1, -0.05) is 19.0 Å². The monoisotopic (exact) mass is 170 g/mol. The zero-order chi connectivity index (χ0) is 9.40. The standard InChI is InChI=1S/C7H14N4O/c1-6(2)5-7(12)9-3-4-10-11-8/h6H,3-5H2,1-2H3,(H,9,12). The van der Waals surface area contributed by atoms with Gasteiger partial charge in [-0.2, -0.15) is 0 Å². The van der Waals surface area contributed by atoms with Gasteiger partial charge in [0.15, 0.2) is 0 Å². The van der Waals surface area contributed by atoms with Crippen molar-refractivity contribution in [1.82, 2.24) is 5.32 Å². The summed E-state index contributed by atoms with van der Waals surface area (Å²) in [5.74, 6) is 0.377. The van der Waals surface area contributed by atoms with E-state index in [1.807, 2.05) is 13.8 Å². The quantitative estimate of drug-likeness (QED) is 0.288. The molecule has 1 amide bonds. The molecule has 0 saturated carbocycles. The minimum absolute atomic E-state index is 0.0122. The van der Waals surface area contributed by atoms with E-state index in [2.05, 4.69) is 15.3 Å². The maximum Gasteiger partial charge on any atom is 0.220 e. The summed E-state index contributed by atoms with van der Waals surface area (Å²) >= 11 is 0. The second-order valence-electron chi connectivity index (χ2n) is 2.90. The highest BCUT2D eigenvalue weighted by molar-refractivity contribution is 5.75.